The topological polar surface area (TPSA) is 61.7 Å². The fourth-order valence-corrected chi connectivity index (χ4v) is 18.1. The first-order chi connectivity index (χ1) is 24.0. The van der Waals surface area contributed by atoms with Crippen molar-refractivity contribution in [3.05, 3.63) is 52.1 Å². The van der Waals surface area contributed by atoms with Gasteiger partial charge in [-0.25, -0.2) is 0 Å². The van der Waals surface area contributed by atoms with E-state index in [1.165, 1.54) is 36.9 Å². The van der Waals surface area contributed by atoms with Crippen LogP contribution in [-0.2, 0) is 23.5 Å². The lowest BCUT2D eigenvalue weighted by molar-refractivity contribution is -0.0227. The van der Waals surface area contributed by atoms with Gasteiger partial charge in [-0.15, -0.1) is 0 Å². The summed E-state index contributed by atoms with van der Waals surface area (Å²) in [4.78, 5) is 0. The fourth-order valence-electron chi connectivity index (χ4n) is 10.4. The van der Waals surface area contributed by atoms with E-state index in [2.05, 4.69) is 96.1 Å². The standard InChI is InChI=1S/C42H69ClN2O4Si2/c1-28(2)38-33-25-32-19-17-15-13-14-16-18-20-34(38)42(46,40(33)44(32)27-48-23-24-50(10,11)12)41-37(47-9)26-36(49-41)39-35(43)21-22-45(39)51(29(3)4,30(5)6)31(7)8/h21-22,25-26,28-31,34,38,46H,13-20,23-24,27H2,1-12H3/t34-,38+,42-/m1/s1. The van der Waals surface area contributed by atoms with E-state index in [9.17, 15) is 5.11 Å². The zero-order valence-corrected chi connectivity index (χ0v) is 36.8. The number of aliphatic hydroxyl groups is 1. The number of aromatic nitrogens is 2. The molecule has 51 heavy (non-hydrogen) atoms. The predicted molar refractivity (Wildman–Crippen MR) is 219 cm³/mol. The Morgan fingerprint density at radius 2 is 1.57 bits per heavy atom. The number of rotatable bonds is 13. The average Bonchev–Trinajstić information content (AvgIpc) is 3.78. The minimum atomic E-state index is -2.19. The maximum absolute atomic E-state index is 13.8. The molecule has 9 heteroatoms. The third-order valence-electron chi connectivity index (χ3n) is 12.6. The summed E-state index contributed by atoms with van der Waals surface area (Å²) in [5.74, 6) is 2.22. The van der Waals surface area contributed by atoms with Gasteiger partial charge in [0.2, 0.25) is 0 Å². The number of ether oxygens (including phenoxy) is 2. The van der Waals surface area contributed by atoms with E-state index in [-0.39, 0.29) is 11.8 Å². The molecule has 4 heterocycles. The maximum Gasteiger partial charge on any atom is 0.184 e. The summed E-state index contributed by atoms with van der Waals surface area (Å²) in [5, 5.41) is 14.4. The normalized spacial score (nSPS) is 22.0. The van der Waals surface area contributed by atoms with E-state index in [4.69, 9.17) is 25.5 Å². The molecule has 0 unspecified atom stereocenters. The molecule has 1 N–H and O–H groups in total. The second-order valence-corrected chi connectivity index (χ2v) is 30.0. The van der Waals surface area contributed by atoms with Crippen molar-refractivity contribution in [1.82, 2.24) is 8.80 Å². The van der Waals surface area contributed by atoms with Crippen LogP contribution in [0, 0.1) is 11.8 Å². The summed E-state index contributed by atoms with van der Waals surface area (Å²) in [5.41, 5.74) is 4.39. The number of furan rings is 1. The number of halogens is 1. The van der Waals surface area contributed by atoms with E-state index in [0.29, 0.717) is 51.6 Å². The van der Waals surface area contributed by atoms with Crippen LogP contribution in [0.3, 0.4) is 0 Å². The Labute approximate surface area is 316 Å². The van der Waals surface area contributed by atoms with Gasteiger partial charge in [0.15, 0.2) is 31.1 Å². The van der Waals surface area contributed by atoms with Gasteiger partial charge < -0.3 is 27.8 Å². The molecular weight excluding hydrogens is 688 g/mol. The zero-order chi connectivity index (χ0) is 37.5. The number of fused-ring (bicyclic) bond motifs is 7. The molecule has 6 rings (SSSR count). The van der Waals surface area contributed by atoms with Crippen LogP contribution in [0.2, 0.25) is 47.3 Å². The van der Waals surface area contributed by atoms with Gasteiger partial charge in [-0.05, 0) is 77.7 Å². The summed E-state index contributed by atoms with van der Waals surface area (Å²) < 4.78 is 24.7. The molecule has 0 aromatic carbocycles. The molecule has 6 nitrogen and oxygen atoms in total. The lowest BCUT2D eigenvalue weighted by Gasteiger charge is -2.45. The number of hydrogen-bond donors (Lipinski definition) is 1. The molecule has 286 valence electrons. The van der Waals surface area contributed by atoms with Crippen LogP contribution in [0.15, 0.2) is 28.8 Å². The monoisotopic (exact) mass is 756 g/mol. The van der Waals surface area contributed by atoms with E-state index >= 15 is 0 Å². The van der Waals surface area contributed by atoms with Crippen molar-refractivity contribution < 1.29 is 19.0 Å². The molecule has 0 fully saturated rings. The Morgan fingerprint density at radius 1 is 0.941 bits per heavy atom. The zero-order valence-electron chi connectivity index (χ0n) is 34.0. The van der Waals surface area contributed by atoms with Gasteiger partial charge in [0.25, 0.3) is 0 Å². The average molecular weight is 758 g/mol. The van der Waals surface area contributed by atoms with Crippen LogP contribution in [0.1, 0.15) is 129 Å². The van der Waals surface area contributed by atoms with Crippen molar-refractivity contribution in [3.8, 4) is 17.2 Å². The molecule has 3 aliphatic rings. The Kier molecular flexibility index (Phi) is 12.7. The lowest BCUT2D eigenvalue weighted by Crippen LogP contribution is -2.52. The SMILES string of the molecule is COc1cc(-c2c(Cl)ccn2[Si](C(C)C)(C(C)C)C(C)C)oc1[C@]1(O)c2c3cc(n2COCC[Si](C)(C)C)CCCCCCCC[C@@H]1[C@H]3C(C)C. The van der Waals surface area contributed by atoms with Gasteiger partial charge >= 0.3 is 0 Å². The van der Waals surface area contributed by atoms with Gasteiger partial charge in [0.05, 0.1) is 23.5 Å². The van der Waals surface area contributed by atoms with Crippen LogP contribution in [-0.4, -0.2) is 43.9 Å². The molecule has 3 aromatic heterocycles. The van der Waals surface area contributed by atoms with E-state index in [1.807, 2.05) is 12.1 Å². The van der Waals surface area contributed by atoms with Gasteiger partial charge in [0.1, 0.15) is 6.73 Å². The maximum atomic E-state index is 13.8. The molecule has 0 saturated carbocycles. The summed E-state index contributed by atoms with van der Waals surface area (Å²) in [6.45, 7) is 27.2. The molecular formula is C42H69ClN2O4Si2. The Hall–Kier alpha value is -1.72. The number of aryl methyl sites for hydroxylation is 1. The van der Waals surface area contributed by atoms with Crippen LogP contribution in [0.5, 0.6) is 5.75 Å². The summed E-state index contributed by atoms with van der Waals surface area (Å²) >= 11 is 7.15. The molecule has 0 saturated heterocycles. The summed E-state index contributed by atoms with van der Waals surface area (Å²) in [6.07, 6.45) is 11.2. The van der Waals surface area contributed by atoms with Crippen molar-refractivity contribution in [3.63, 3.8) is 0 Å². The van der Waals surface area contributed by atoms with Gasteiger partial charge in [-0.3, -0.25) is 0 Å². The van der Waals surface area contributed by atoms with Gasteiger partial charge in [-0.1, -0.05) is 119 Å². The molecule has 0 radical (unpaired) electrons. The number of hydrogen-bond acceptors (Lipinski definition) is 4. The first kappa shape index (κ1) is 40.5. The molecule has 0 amide bonds. The highest BCUT2D eigenvalue weighted by molar-refractivity contribution is 6.82. The highest BCUT2D eigenvalue weighted by Gasteiger charge is 2.58. The second-order valence-electron chi connectivity index (χ2n) is 18.3. The molecule has 3 aromatic rings. The minimum Gasteiger partial charge on any atom is -0.493 e. The van der Waals surface area contributed by atoms with E-state index in [0.717, 1.165) is 49.7 Å². The second kappa shape index (κ2) is 15.9. The van der Waals surface area contributed by atoms with Crippen molar-refractivity contribution in [2.75, 3.05) is 13.7 Å². The predicted octanol–water partition coefficient (Wildman–Crippen LogP) is 12.4. The number of methoxy groups -OCH3 is 1. The third-order valence-corrected chi connectivity index (χ3v) is 21.3. The smallest absolute Gasteiger partial charge is 0.184 e. The third kappa shape index (κ3) is 7.39. The molecule has 1 aliphatic heterocycles. The molecule has 0 spiro atoms. The summed E-state index contributed by atoms with van der Waals surface area (Å²) in [7, 11) is -1.75. The number of nitrogens with zero attached hydrogens (tertiary/aromatic N) is 2. The Bertz CT molecular complexity index is 1590. The first-order valence-corrected chi connectivity index (χ1v) is 26.4. The largest absolute Gasteiger partial charge is 0.493 e. The van der Waals surface area contributed by atoms with Gasteiger partial charge in [0, 0.05) is 32.4 Å². The van der Waals surface area contributed by atoms with Crippen molar-refractivity contribution >= 4 is 27.9 Å². The molecule has 4 bridgehead atoms. The van der Waals surface area contributed by atoms with E-state index in [1.54, 1.807) is 7.11 Å². The van der Waals surface area contributed by atoms with Crippen molar-refractivity contribution in [2.45, 2.75) is 167 Å². The lowest BCUT2D eigenvalue weighted by atomic mass is 9.74. The van der Waals surface area contributed by atoms with Crippen LogP contribution in [0.25, 0.3) is 11.5 Å². The summed E-state index contributed by atoms with van der Waals surface area (Å²) in [6, 6.07) is 7.54. The van der Waals surface area contributed by atoms with Gasteiger partial charge in [-0.2, -0.15) is 0 Å². The van der Waals surface area contributed by atoms with Crippen LogP contribution < -0.4 is 4.74 Å². The Morgan fingerprint density at radius 3 is 2.16 bits per heavy atom. The van der Waals surface area contributed by atoms with Crippen molar-refractivity contribution in [1.29, 1.82) is 0 Å². The highest BCUT2D eigenvalue weighted by Crippen LogP contribution is 2.60. The van der Waals surface area contributed by atoms with Crippen LogP contribution in [0.4, 0.5) is 0 Å². The van der Waals surface area contributed by atoms with Crippen molar-refractivity contribution in [2.24, 2.45) is 11.8 Å². The first-order valence-electron chi connectivity index (χ1n) is 20.1. The molecule has 2 aliphatic carbocycles. The molecule has 3 atom stereocenters. The fraction of sp³-hybridized carbons (Fsp3) is 0.714. The highest BCUT2D eigenvalue weighted by atomic mass is 35.5. The minimum absolute atomic E-state index is 0.0591. The van der Waals surface area contributed by atoms with Crippen LogP contribution >= 0.6 is 11.6 Å². The van der Waals surface area contributed by atoms with E-state index < -0.39 is 21.9 Å². The quantitative estimate of drug-likeness (QED) is 0.139. The Balaban J connectivity index is 1.75.